The monoisotopic (exact) mass is 369 g/mol. The Hall–Kier alpha value is -2.33. The van der Waals surface area contributed by atoms with E-state index in [4.69, 9.17) is 4.42 Å². The highest BCUT2D eigenvalue weighted by molar-refractivity contribution is 9.10. The molecule has 0 aliphatic heterocycles. The molecule has 0 bridgehead atoms. The number of halogens is 1. The first-order valence-electron chi connectivity index (χ1n) is 7.32. The molecule has 0 saturated carbocycles. The highest BCUT2D eigenvalue weighted by atomic mass is 79.9. The minimum absolute atomic E-state index is 0.344. The van der Waals surface area contributed by atoms with Crippen LogP contribution in [0.5, 0.6) is 0 Å². The first-order valence-corrected chi connectivity index (χ1v) is 8.11. The van der Waals surface area contributed by atoms with E-state index in [1.807, 2.05) is 54.6 Å². The summed E-state index contributed by atoms with van der Waals surface area (Å²) >= 11 is 3.42. The van der Waals surface area contributed by atoms with Gasteiger partial charge in [-0.2, -0.15) is 0 Å². The Kier molecular flexibility index (Phi) is 4.63. The third-order valence-electron chi connectivity index (χ3n) is 3.63. The predicted octanol–water partition coefficient (Wildman–Crippen LogP) is 4.65. The molecule has 0 aliphatic carbocycles. The van der Waals surface area contributed by atoms with E-state index in [2.05, 4.69) is 22.5 Å². The summed E-state index contributed by atoms with van der Waals surface area (Å²) < 4.78 is 8.20. The van der Waals surface area contributed by atoms with Gasteiger partial charge in [-0.3, -0.25) is 4.57 Å². The van der Waals surface area contributed by atoms with Gasteiger partial charge in [-0.15, -0.1) is 6.58 Å². The number of allylic oxidation sites excluding steroid dienone is 1. The molecule has 3 nitrogen and oxygen atoms in total. The normalized spacial score (nSPS) is 10.7. The molecule has 4 heteroatoms. The highest BCUT2D eigenvalue weighted by Gasteiger charge is 2.17. The summed E-state index contributed by atoms with van der Waals surface area (Å²) in [7, 11) is 0. The van der Waals surface area contributed by atoms with Crippen LogP contribution in [0.25, 0.3) is 11.3 Å². The summed E-state index contributed by atoms with van der Waals surface area (Å²) in [6.45, 7) is 4.29. The van der Waals surface area contributed by atoms with Crippen molar-refractivity contribution in [1.82, 2.24) is 4.57 Å². The number of hydrogen-bond donors (Lipinski definition) is 0. The molecule has 0 unspecified atom stereocenters. The zero-order valence-corrected chi connectivity index (χ0v) is 14.1. The summed E-state index contributed by atoms with van der Waals surface area (Å²) in [6.07, 6.45) is 2.36. The molecule has 0 aliphatic rings. The summed E-state index contributed by atoms with van der Waals surface area (Å²) in [4.78, 5) is 12.3. The van der Waals surface area contributed by atoms with Crippen molar-refractivity contribution in [2.45, 2.75) is 13.0 Å². The first kappa shape index (κ1) is 15.6. The predicted molar refractivity (Wildman–Crippen MR) is 95.5 cm³/mol. The van der Waals surface area contributed by atoms with Gasteiger partial charge in [0, 0.05) is 16.5 Å². The maximum Gasteiger partial charge on any atom is 0.420 e. The van der Waals surface area contributed by atoms with Gasteiger partial charge in [-0.05, 0) is 17.7 Å². The number of nitrogens with zero attached hydrogens (tertiary/aromatic N) is 1. The molecule has 3 aromatic rings. The molecular formula is C19H16BrNO2. The number of rotatable bonds is 5. The second kappa shape index (κ2) is 6.84. The van der Waals surface area contributed by atoms with Gasteiger partial charge < -0.3 is 4.42 Å². The van der Waals surface area contributed by atoms with Crippen LogP contribution in [-0.2, 0) is 13.0 Å². The van der Waals surface area contributed by atoms with Crippen LogP contribution in [0.2, 0.25) is 0 Å². The van der Waals surface area contributed by atoms with Gasteiger partial charge in [-0.25, -0.2) is 4.79 Å². The Labute approximate surface area is 143 Å². The van der Waals surface area contributed by atoms with E-state index in [1.165, 1.54) is 0 Å². The summed E-state index contributed by atoms with van der Waals surface area (Å²) in [6, 6.07) is 17.6. The van der Waals surface area contributed by atoms with Gasteiger partial charge >= 0.3 is 5.76 Å². The van der Waals surface area contributed by atoms with Crippen molar-refractivity contribution in [3.05, 3.63) is 93.5 Å². The van der Waals surface area contributed by atoms with Crippen molar-refractivity contribution >= 4 is 15.9 Å². The van der Waals surface area contributed by atoms with Gasteiger partial charge in [0.25, 0.3) is 0 Å². The average Bonchev–Trinajstić information content (AvgIpc) is 2.86. The lowest BCUT2D eigenvalue weighted by molar-refractivity contribution is 0.496. The van der Waals surface area contributed by atoms with E-state index in [1.54, 1.807) is 10.6 Å². The molecule has 116 valence electrons. The lowest BCUT2D eigenvalue weighted by atomic mass is 10.1. The molecular weight excluding hydrogens is 354 g/mol. The molecule has 0 radical (unpaired) electrons. The van der Waals surface area contributed by atoms with Crippen LogP contribution in [0.1, 0.15) is 11.3 Å². The maximum atomic E-state index is 12.3. The number of oxazole rings is 1. The summed E-state index contributed by atoms with van der Waals surface area (Å²) in [5, 5.41) is 0. The van der Waals surface area contributed by atoms with Crippen LogP contribution in [0, 0.1) is 0 Å². The fraction of sp³-hybridized carbons (Fsp3) is 0.105. The molecule has 0 spiro atoms. The van der Waals surface area contributed by atoms with Crippen molar-refractivity contribution in [2.75, 3.05) is 0 Å². The minimum Gasteiger partial charge on any atom is -0.407 e. The molecule has 0 N–H and O–H groups in total. The first-order chi connectivity index (χ1) is 11.2. The largest absolute Gasteiger partial charge is 0.420 e. The Balaban J connectivity index is 2.08. The van der Waals surface area contributed by atoms with Crippen LogP contribution in [0.15, 0.2) is 80.9 Å². The zero-order valence-electron chi connectivity index (χ0n) is 12.5. The van der Waals surface area contributed by atoms with E-state index < -0.39 is 0 Å². The molecule has 0 amide bonds. The quantitative estimate of drug-likeness (QED) is 0.613. The van der Waals surface area contributed by atoms with E-state index in [0.717, 1.165) is 21.3 Å². The molecule has 2 aromatic carbocycles. The molecule has 0 fully saturated rings. The Bertz CT molecular complexity index is 861. The van der Waals surface area contributed by atoms with Gasteiger partial charge in [0.2, 0.25) is 0 Å². The minimum atomic E-state index is -0.344. The molecule has 0 atom stereocenters. The van der Waals surface area contributed by atoms with Crippen LogP contribution < -0.4 is 5.76 Å². The van der Waals surface area contributed by atoms with E-state index in [9.17, 15) is 4.79 Å². The SMILES string of the molecule is C=CCc1c(-c2ccc(Br)cc2)oc(=O)n1Cc1ccccc1. The fourth-order valence-electron chi connectivity index (χ4n) is 2.53. The third kappa shape index (κ3) is 3.37. The lowest BCUT2D eigenvalue weighted by Gasteiger charge is -2.06. The molecule has 1 heterocycles. The van der Waals surface area contributed by atoms with Crippen LogP contribution in [0.4, 0.5) is 0 Å². The van der Waals surface area contributed by atoms with Gasteiger partial charge in [0.05, 0.1) is 12.2 Å². The highest BCUT2D eigenvalue weighted by Crippen LogP contribution is 2.26. The average molecular weight is 370 g/mol. The van der Waals surface area contributed by atoms with Crippen LogP contribution in [0.3, 0.4) is 0 Å². The summed E-state index contributed by atoms with van der Waals surface area (Å²) in [5.74, 6) is 0.266. The van der Waals surface area contributed by atoms with Crippen LogP contribution in [-0.4, -0.2) is 4.57 Å². The van der Waals surface area contributed by atoms with Gasteiger partial charge in [0.15, 0.2) is 5.76 Å². The molecule has 3 rings (SSSR count). The zero-order chi connectivity index (χ0) is 16.2. The Morgan fingerprint density at radius 1 is 1.09 bits per heavy atom. The van der Waals surface area contributed by atoms with Crippen molar-refractivity contribution < 1.29 is 4.42 Å². The maximum absolute atomic E-state index is 12.3. The van der Waals surface area contributed by atoms with Gasteiger partial charge in [-0.1, -0.05) is 64.5 Å². The van der Waals surface area contributed by atoms with Crippen molar-refractivity contribution in [3.8, 4) is 11.3 Å². The second-order valence-corrected chi connectivity index (χ2v) is 6.13. The smallest absolute Gasteiger partial charge is 0.407 e. The van der Waals surface area contributed by atoms with E-state index >= 15 is 0 Å². The molecule has 1 aromatic heterocycles. The van der Waals surface area contributed by atoms with Gasteiger partial charge in [0.1, 0.15) is 0 Å². The fourth-order valence-corrected chi connectivity index (χ4v) is 2.79. The number of hydrogen-bond acceptors (Lipinski definition) is 2. The molecule has 0 saturated heterocycles. The summed E-state index contributed by atoms with van der Waals surface area (Å²) in [5.41, 5.74) is 2.79. The standard InChI is InChI=1S/C19H16BrNO2/c1-2-6-17-18(15-9-11-16(20)12-10-15)23-19(22)21(17)13-14-7-4-3-5-8-14/h2-5,7-12H,1,6,13H2. The topological polar surface area (TPSA) is 35.1 Å². The van der Waals surface area contributed by atoms with Crippen molar-refractivity contribution in [2.24, 2.45) is 0 Å². The molecule has 23 heavy (non-hydrogen) atoms. The van der Waals surface area contributed by atoms with E-state index in [0.29, 0.717) is 18.7 Å². The van der Waals surface area contributed by atoms with Crippen LogP contribution >= 0.6 is 15.9 Å². The Morgan fingerprint density at radius 3 is 2.43 bits per heavy atom. The third-order valence-corrected chi connectivity index (χ3v) is 4.15. The van der Waals surface area contributed by atoms with E-state index in [-0.39, 0.29) is 5.76 Å². The number of benzene rings is 2. The van der Waals surface area contributed by atoms with Crippen molar-refractivity contribution in [3.63, 3.8) is 0 Å². The number of aromatic nitrogens is 1. The van der Waals surface area contributed by atoms with Crippen molar-refractivity contribution in [1.29, 1.82) is 0 Å². The lowest BCUT2D eigenvalue weighted by Crippen LogP contribution is -2.17. The second-order valence-electron chi connectivity index (χ2n) is 5.22. The Morgan fingerprint density at radius 2 is 1.78 bits per heavy atom.